The summed E-state index contributed by atoms with van der Waals surface area (Å²) in [6.45, 7) is -0.0330. The van der Waals surface area contributed by atoms with E-state index in [0.717, 1.165) is 16.7 Å². The molecular formula is C14H10ClNO3S. The molecule has 0 radical (unpaired) electrons. The minimum absolute atomic E-state index is 0.0330. The first kappa shape index (κ1) is 14.5. The van der Waals surface area contributed by atoms with Gasteiger partial charge in [-0.3, -0.25) is 14.5 Å². The van der Waals surface area contributed by atoms with Gasteiger partial charge >= 0.3 is 0 Å². The number of hydrogen-bond acceptors (Lipinski definition) is 4. The molecule has 0 saturated carbocycles. The van der Waals surface area contributed by atoms with Crippen LogP contribution in [0.4, 0.5) is 4.79 Å². The van der Waals surface area contributed by atoms with E-state index < -0.39 is 5.91 Å². The smallest absolute Gasteiger partial charge is 0.294 e. The lowest BCUT2D eigenvalue weighted by atomic mass is 10.2. The number of hydrogen-bond donors (Lipinski definition) is 0. The molecule has 1 aliphatic heterocycles. The van der Waals surface area contributed by atoms with Crippen LogP contribution in [0.1, 0.15) is 5.56 Å². The van der Waals surface area contributed by atoms with Crippen LogP contribution < -0.4 is 4.74 Å². The van der Waals surface area contributed by atoms with Crippen LogP contribution in [0.5, 0.6) is 5.75 Å². The maximum Gasteiger partial charge on any atom is 0.294 e. The third-order valence-corrected chi connectivity index (χ3v) is 3.74. The van der Waals surface area contributed by atoms with Crippen molar-refractivity contribution in [1.29, 1.82) is 0 Å². The highest BCUT2D eigenvalue weighted by molar-refractivity contribution is 8.18. The Kier molecular flexibility index (Phi) is 4.38. The molecule has 1 heterocycles. The van der Waals surface area contributed by atoms with Crippen LogP contribution in [0.2, 0.25) is 5.02 Å². The van der Waals surface area contributed by atoms with Crippen LogP contribution in [0, 0.1) is 12.3 Å². The normalized spacial score (nSPS) is 16.6. The number of methoxy groups -OCH3 is 1. The van der Waals surface area contributed by atoms with E-state index in [-0.39, 0.29) is 11.8 Å². The van der Waals surface area contributed by atoms with Gasteiger partial charge in [0.1, 0.15) is 5.75 Å². The van der Waals surface area contributed by atoms with Crippen LogP contribution in [-0.4, -0.2) is 29.7 Å². The summed E-state index contributed by atoms with van der Waals surface area (Å²) in [5.41, 5.74) is 0.631. The Labute approximate surface area is 125 Å². The van der Waals surface area contributed by atoms with Gasteiger partial charge in [-0.25, -0.2) is 0 Å². The van der Waals surface area contributed by atoms with Gasteiger partial charge in [0, 0.05) is 10.6 Å². The van der Waals surface area contributed by atoms with E-state index in [1.54, 1.807) is 24.3 Å². The highest BCUT2D eigenvalue weighted by Crippen LogP contribution is 2.34. The number of nitrogens with zero attached hydrogens (tertiary/aromatic N) is 1. The topological polar surface area (TPSA) is 46.6 Å². The summed E-state index contributed by atoms with van der Waals surface area (Å²) in [6, 6.07) is 5.04. The van der Waals surface area contributed by atoms with E-state index in [4.69, 9.17) is 22.8 Å². The highest BCUT2D eigenvalue weighted by Gasteiger charge is 2.34. The van der Waals surface area contributed by atoms with E-state index in [1.165, 1.54) is 7.11 Å². The monoisotopic (exact) mass is 307 g/mol. The molecule has 102 valence electrons. The average molecular weight is 308 g/mol. The molecule has 0 unspecified atom stereocenters. The predicted molar refractivity (Wildman–Crippen MR) is 79.5 cm³/mol. The molecule has 0 aromatic heterocycles. The van der Waals surface area contributed by atoms with Crippen LogP contribution in [-0.2, 0) is 4.79 Å². The van der Waals surface area contributed by atoms with Crippen molar-refractivity contribution in [3.05, 3.63) is 33.7 Å². The molecule has 1 saturated heterocycles. The SMILES string of the molecule is C#CCN1C(=O)S/C(=C\c2cc(Cl)ccc2OC)C1=O. The van der Waals surface area contributed by atoms with E-state index in [2.05, 4.69) is 5.92 Å². The van der Waals surface area contributed by atoms with Crippen molar-refractivity contribution in [3.8, 4) is 18.1 Å². The number of terminal acetylenes is 1. The lowest BCUT2D eigenvalue weighted by molar-refractivity contribution is -0.122. The zero-order valence-electron chi connectivity index (χ0n) is 10.6. The second-order valence-corrected chi connectivity index (χ2v) is 5.29. The molecular weight excluding hydrogens is 298 g/mol. The summed E-state index contributed by atoms with van der Waals surface area (Å²) >= 11 is 6.77. The van der Waals surface area contributed by atoms with Crippen LogP contribution in [0.3, 0.4) is 0 Å². The fraction of sp³-hybridized carbons (Fsp3) is 0.143. The number of rotatable bonds is 3. The Morgan fingerprint density at radius 3 is 2.90 bits per heavy atom. The highest BCUT2D eigenvalue weighted by atomic mass is 35.5. The standard InChI is InChI=1S/C14H10ClNO3S/c1-3-6-16-13(17)12(20-14(16)18)8-9-7-10(15)4-5-11(9)19-2/h1,4-5,7-8H,6H2,2H3/b12-8-. The molecule has 1 aromatic carbocycles. The van der Waals surface area contributed by atoms with Gasteiger partial charge in [0.05, 0.1) is 18.6 Å². The van der Waals surface area contributed by atoms with Crippen molar-refractivity contribution in [1.82, 2.24) is 4.90 Å². The fourth-order valence-electron chi connectivity index (χ4n) is 1.69. The number of halogens is 1. The lowest BCUT2D eigenvalue weighted by Gasteiger charge is -2.07. The third-order valence-electron chi connectivity index (χ3n) is 2.60. The zero-order chi connectivity index (χ0) is 14.7. The summed E-state index contributed by atoms with van der Waals surface area (Å²) in [5, 5.41) is 0.139. The summed E-state index contributed by atoms with van der Waals surface area (Å²) in [4.78, 5) is 25.0. The molecule has 0 atom stereocenters. The second kappa shape index (κ2) is 6.04. The molecule has 6 heteroatoms. The van der Waals surface area contributed by atoms with Gasteiger partial charge in [0.15, 0.2) is 0 Å². The quantitative estimate of drug-likeness (QED) is 0.636. The summed E-state index contributed by atoms with van der Waals surface area (Å²) in [6.07, 6.45) is 6.71. The minimum Gasteiger partial charge on any atom is -0.496 e. The summed E-state index contributed by atoms with van der Waals surface area (Å²) < 4.78 is 5.19. The van der Waals surface area contributed by atoms with Crippen molar-refractivity contribution in [2.24, 2.45) is 0 Å². The van der Waals surface area contributed by atoms with Gasteiger partial charge in [-0.2, -0.15) is 0 Å². The molecule has 4 nitrogen and oxygen atoms in total. The zero-order valence-corrected chi connectivity index (χ0v) is 12.1. The largest absolute Gasteiger partial charge is 0.496 e. The molecule has 1 aliphatic rings. The van der Waals surface area contributed by atoms with Crippen LogP contribution in [0.15, 0.2) is 23.1 Å². The Hall–Kier alpha value is -1.90. The number of carbonyl (C=O) groups is 2. The second-order valence-electron chi connectivity index (χ2n) is 3.86. The van der Waals surface area contributed by atoms with Gasteiger partial charge in [0.2, 0.25) is 0 Å². The van der Waals surface area contributed by atoms with Gasteiger partial charge in [0.25, 0.3) is 11.1 Å². The van der Waals surface area contributed by atoms with Gasteiger partial charge in [-0.15, -0.1) is 6.42 Å². The van der Waals surface area contributed by atoms with Crippen molar-refractivity contribution in [2.45, 2.75) is 0 Å². The Bertz CT molecular complexity index is 648. The van der Waals surface area contributed by atoms with Crippen molar-refractivity contribution in [2.75, 3.05) is 13.7 Å². The molecule has 1 fully saturated rings. The van der Waals surface area contributed by atoms with Crippen molar-refractivity contribution in [3.63, 3.8) is 0 Å². The van der Waals surface area contributed by atoms with Gasteiger partial charge < -0.3 is 4.74 Å². The maximum atomic E-state index is 12.0. The lowest BCUT2D eigenvalue weighted by Crippen LogP contribution is -2.28. The summed E-state index contributed by atoms with van der Waals surface area (Å²) in [5.74, 6) is 2.45. The van der Waals surface area contributed by atoms with Crippen LogP contribution in [0.25, 0.3) is 6.08 Å². The molecule has 0 spiro atoms. The number of benzene rings is 1. The van der Waals surface area contributed by atoms with Crippen LogP contribution >= 0.6 is 23.4 Å². The van der Waals surface area contributed by atoms with Crippen molar-refractivity contribution < 1.29 is 14.3 Å². The summed E-state index contributed by atoms with van der Waals surface area (Å²) in [7, 11) is 1.52. The molecule has 2 rings (SSSR count). The van der Waals surface area contributed by atoms with E-state index >= 15 is 0 Å². The van der Waals surface area contributed by atoms with E-state index in [0.29, 0.717) is 21.2 Å². The molecule has 0 bridgehead atoms. The first-order valence-corrected chi connectivity index (χ1v) is 6.78. The number of imide groups is 1. The first-order valence-electron chi connectivity index (χ1n) is 5.59. The molecule has 0 N–H and O–H groups in total. The van der Waals surface area contributed by atoms with Gasteiger partial charge in [-0.1, -0.05) is 17.5 Å². The predicted octanol–water partition coefficient (Wildman–Crippen LogP) is 3.02. The Balaban J connectivity index is 2.38. The third kappa shape index (κ3) is 2.82. The molecule has 0 aliphatic carbocycles. The van der Waals surface area contributed by atoms with E-state index in [1.807, 2.05) is 0 Å². The number of thioether (sulfide) groups is 1. The average Bonchev–Trinajstić information content (AvgIpc) is 2.67. The number of ether oxygens (including phenoxy) is 1. The Morgan fingerprint density at radius 1 is 1.50 bits per heavy atom. The van der Waals surface area contributed by atoms with Crippen molar-refractivity contribution >= 4 is 40.6 Å². The maximum absolute atomic E-state index is 12.0. The molecule has 1 aromatic rings. The Morgan fingerprint density at radius 2 is 2.25 bits per heavy atom. The number of amides is 2. The molecule has 2 amide bonds. The number of carbonyl (C=O) groups excluding carboxylic acids is 2. The fourth-order valence-corrected chi connectivity index (χ4v) is 2.70. The minimum atomic E-state index is -0.403. The van der Waals surface area contributed by atoms with Gasteiger partial charge in [-0.05, 0) is 36.0 Å². The van der Waals surface area contributed by atoms with E-state index in [9.17, 15) is 9.59 Å². The first-order chi connectivity index (χ1) is 9.56. The molecule has 20 heavy (non-hydrogen) atoms.